The lowest BCUT2D eigenvalue weighted by Crippen LogP contribution is -2.48. The Bertz CT molecular complexity index is 462. The normalized spacial score (nSPS) is 25.9. The number of amides is 2. The lowest BCUT2D eigenvalue weighted by atomic mass is 10.1. The third-order valence-corrected chi connectivity index (χ3v) is 3.79. The molecule has 0 N–H and O–H groups in total. The van der Waals surface area contributed by atoms with E-state index in [0.29, 0.717) is 4.31 Å². The maximum Gasteiger partial charge on any atom is 0.425 e. The molecule has 1 saturated heterocycles. The summed E-state index contributed by atoms with van der Waals surface area (Å²) in [7, 11) is -0.778. The number of carbonyl (C=O) groups excluding carboxylic acids is 2. The third-order valence-electron chi connectivity index (χ3n) is 2.39. The quantitative estimate of drug-likeness (QED) is 0.605. The highest BCUT2D eigenvalue weighted by Gasteiger charge is 2.54. The summed E-state index contributed by atoms with van der Waals surface area (Å²) < 4.78 is 32.5. The molecule has 0 aromatic rings. The molecule has 0 aromatic carbocycles. The van der Waals surface area contributed by atoms with Crippen molar-refractivity contribution in [2.45, 2.75) is 12.5 Å². The Hall–Kier alpha value is -1.39. The van der Waals surface area contributed by atoms with E-state index >= 15 is 0 Å². The van der Waals surface area contributed by atoms with Crippen molar-refractivity contribution in [3.8, 4) is 0 Å². The molecule has 9 nitrogen and oxygen atoms in total. The molecule has 18 heavy (non-hydrogen) atoms. The molecule has 1 aliphatic rings. The van der Waals surface area contributed by atoms with Gasteiger partial charge in [-0.15, -0.1) is 0 Å². The van der Waals surface area contributed by atoms with Gasteiger partial charge in [0.05, 0.1) is 20.8 Å². The van der Waals surface area contributed by atoms with Crippen LogP contribution < -0.4 is 0 Å². The predicted molar refractivity (Wildman–Crippen MR) is 57.3 cm³/mol. The molecule has 0 bridgehead atoms. The van der Waals surface area contributed by atoms with E-state index in [9.17, 15) is 18.0 Å². The smallest absolute Gasteiger partial charge is 0.425 e. The summed E-state index contributed by atoms with van der Waals surface area (Å²) in [6.45, 7) is 0.764. The maximum absolute atomic E-state index is 11.9. The average molecular weight is 282 g/mol. The van der Waals surface area contributed by atoms with Gasteiger partial charge in [0.25, 0.3) is 5.91 Å². The Morgan fingerprint density at radius 1 is 1.39 bits per heavy atom. The van der Waals surface area contributed by atoms with E-state index in [-0.39, 0.29) is 0 Å². The zero-order chi connectivity index (χ0) is 14.1. The molecule has 1 heterocycles. The molecule has 0 unspecified atom stereocenters. The fraction of sp³-hybridized carbons (Fsp3) is 0.750. The maximum atomic E-state index is 11.9. The first-order chi connectivity index (χ1) is 8.18. The second kappa shape index (κ2) is 4.71. The van der Waals surface area contributed by atoms with Gasteiger partial charge < -0.3 is 4.74 Å². The lowest BCUT2D eigenvalue weighted by Gasteiger charge is -2.24. The van der Waals surface area contributed by atoms with Gasteiger partial charge in [0.1, 0.15) is 0 Å². The van der Waals surface area contributed by atoms with Crippen molar-refractivity contribution in [1.29, 1.82) is 0 Å². The molecule has 2 amide bonds. The fourth-order valence-electron chi connectivity index (χ4n) is 1.43. The zero-order valence-corrected chi connectivity index (χ0v) is 11.2. The monoisotopic (exact) mass is 282 g/mol. The zero-order valence-electron chi connectivity index (χ0n) is 10.4. The van der Waals surface area contributed by atoms with Crippen molar-refractivity contribution in [2.75, 3.05) is 27.8 Å². The molecular weight excluding hydrogens is 268 g/mol. The van der Waals surface area contributed by atoms with Crippen LogP contribution in [0.25, 0.3) is 0 Å². The van der Waals surface area contributed by atoms with Crippen LogP contribution in [0.5, 0.6) is 0 Å². The number of likely N-dealkylation sites (N-methyl/N-ethyl adjacent to an activating group) is 1. The van der Waals surface area contributed by atoms with Gasteiger partial charge in [0.15, 0.2) is 5.60 Å². The molecule has 10 heteroatoms. The number of hydrogen-bond acceptors (Lipinski definition) is 7. The van der Waals surface area contributed by atoms with E-state index in [1.54, 1.807) is 0 Å². The number of methoxy groups -OCH3 is 1. The number of ether oxygens (including phenoxy) is 1. The first-order valence-corrected chi connectivity index (χ1v) is 6.18. The van der Waals surface area contributed by atoms with Crippen LogP contribution in [0.2, 0.25) is 0 Å². The molecule has 0 spiro atoms. The number of nitrogens with zero attached hydrogens (tertiary/aromatic N) is 2. The topological polar surface area (TPSA) is 102 Å². The Balaban J connectivity index is 3.04. The van der Waals surface area contributed by atoms with E-state index in [1.807, 2.05) is 0 Å². The van der Waals surface area contributed by atoms with Crippen molar-refractivity contribution in [3.63, 3.8) is 0 Å². The molecule has 0 aromatic heterocycles. The van der Waals surface area contributed by atoms with Gasteiger partial charge in [-0.1, -0.05) is 0 Å². The van der Waals surface area contributed by atoms with Crippen LogP contribution in [-0.4, -0.2) is 63.2 Å². The first-order valence-electron chi connectivity index (χ1n) is 4.81. The van der Waals surface area contributed by atoms with Gasteiger partial charge >= 0.3 is 16.4 Å². The van der Waals surface area contributed by atoms with Crippen LogP contribution >= 0.6 is 0 Å². The molecule has 104 valence electrons. The van der Waals surface area contributed by atoms with Crippen LogP contribution in [0.1, 0.15) is 6.92 Å². The number of hydroxylamine groups is 2. The summed E-state index contributed by atoms with van der Waals surface area (Å²) in [4.78, 5) is 27.8. The van der Waals surface area contributed by atoms with E-state index < -0.39 is 34.5 Å². The summed E-state index contributed by atoms with van der Waals surface area (Å²) in [5.41, 5.74) is -1.74. The Morgan fingerprint density at radius 2 is 1.94 bits per heavy atom. The van der Waals surface area contributed by atoms with Gasteiger partial charge in [-0.2, -0.15) is 12.7 Å². The van der Waals surface area contributed by atoms with Crippen LogP contribution in [0.15, 0.2) is 0 Å². The molecule has 1 atom stereocenters. The highest BCUT2D eigenvalue weighted by atomic mass is 32.2. The van der Waals surface area contributed by atoms with Crippen molar-refractivity contribution in [3.05, 3.63) is 0 Å². The van der Waals surface area contributed by atoms with Gasteiger partial charge in [0, 0.05) is 7.05 Å². The summed E-state index contributed by atoms with van der Waals surface area (Å²) in [5, 5.41) is 0.816. The summed E-state index contributed by atoms with van der Waals surface area (Å²) >= 11 is 0. The molecule has 1 fully saturated rings. The SMILES string of the molecule is COC(=O)N1C[C@](C)(C(=O)N(C)OC)OS1(=O)=O. The van der Waals surface area contributed by atoms with Gasteiger partial charge in [-0.25, -0.2) is 14.0 Å². The fourth-order valence-corrected chi connectivity index (χ4v) is 2.77. The largest absolute Gasteiger partial charge is 0.452 e. The molecular formula is C8H14N2O7S. The number of carbonyl (C=O) groups is 2. The Labute approximate surface area is 104 Å². The van der Waals surface area contributed by atoms with Gasteiger partial charge in [-0.3, -0.25) is 9.63 Å². The van der Waals surface area contributed by atoms with Crippen LogP contribution in [0.3, 0.4) is 0 Å². The van der Waals surface area contributed by atoms with Crippen LogP contribution in [-0.2, 0) is 28.9 Å². The van der Waals surface area contributed by atoms with Crippen molar-refractivity contribution >= 4 is 22.3 Å². The van der Waals surface area contributed by atoms with E-state index in [4.69, 9.17) is 0 Å². The van der Waals surface area contributed by atoms with Crippen molar-refractivity contribution in [1.82, 2.24) is 9.37 Å². The minimum absolute atomic E-state index is 0.342. The first kappa shape index (κ1) is 14.7. The second-order valence-corrected chi connectivity index (χ2v) is 5.20. The molecule has 1 rings (SSSR count). The third kappa shape index (κ3) is 2.40. The summed E-state index contributed by atoms with van der Waals surface area (Å²) in [6, 6.07) is 0. The number of hydrogen-bond donors (Lipinski definition) is 0. The van der Waals surface area contributed by atoms with E-state index in [1.165, 1.54) is 21.1 Å². The van der Waals surface area contributed by atoms with Gasteiger partial charge in [0.2, 0.25) is 0 Å². The predicted octanol–water partition coefficient (Wildman–Crippen LogP) is -0.892. The number of rotatable bonds is 2. The highest BCUT2D eigenvalue weighted by Crippen LogP contribution is 2.29. The second-order valence-electron chi connectivity index (χ2n) is 3.73. The highest BCUT2D eigenvalue weighted by molar-refractivity contribution is 7.85. The molecule has 0 aliphatic carbocycles. The Morgan fingerprint density at radius 3 is 2.39 bits per heavy atom. The van der Waals surface area contributed by atoms with Crippen LogP contribution in [0, 0.1) is 0 Å². The average Bonchev–Trinajstić information content (AvgIpc) is 2.57. The van der Waals surface area contributed by atoms with Crippen molar-refractivity contribution in [2.24, 2.45) is 0 Å². The molecule has 0 radical (unpaired) electrons. The minimum atomic E-state index is -4.34. The molecule has 1 aliphatic heterocycles. The summed E-state index contributed by atoms with van der Waals surface area (Å²) in [6.07, 6.45) is -1.12. The standard InChI is InChI=1S/C8H14N2O7S/c1-8(6(11)9(2)16-4)5-10(7(12)15-3)18(13,14)17-8/h5H2,1-4H3/t8-/m1/s1. The van der Waals surface area contributed by atoms with Crippen molar-refractivity contribution < 1.29 is 31.8 Å². The molecule has 0 saturated carbocycles. The van der Waals surface area contributed by atoms with E-state index in [0.717, 1.165) is 12.2 Å². The summed E-state index contributed by atoms with van der Waals surface area (Å²) in [5.74, 6) is -0.736. The lowest BCUT2D eigenvalue weighted by molar-refractivity contribution is -0.182. The van der Waals surface area contributed by atoms with E-state index in [2.05, 4.69) is 13.8 Å². The van der Waals surface area contributed by atoms with Crippen LogP contribution in [0.4, 0.5) is 4.79 Å². The minimum Gasteiger partial charge on any atom is -0.452 e. The van der Waals surface area contributed by atoms with Gasteiger partial charge in [-0.05, 0) is 6.92 Å². The Kier molecular flexibility index (Phi) is 3.84.